The van der Waals surface area contributed by atoms with Crippen LogP contribution in [0.15, 0.2) is 17.0 Å². The Hall–Kier alpha value is -0.930. The number of hydrogen-bond donors (Lipinski definition) is 2. The highest BCUT2D eigenvalue weighted by Gasteiger charge is 2.23. The van der Waals surface area contributed by atoms with Gasteiger partial charge >= 0.3 is 0 Å². The van der Waals surface area contributed by atoms with E-state index >= 15 is 0 Å². The minimum Gasteiger partial charge on any atom is -0.316 e. The van der Waals surface area contributed by atoms with Crippen LogP contribution in [0.1, 0.15) is 18.4 Å². The molecule has 1 aromatic rings. The van der Waals surface area contributed by atoms with Crippen LogP contribution < -0.4 is 10.0 Å². The summed E-state index contributed by atoms with van der Waals surface area (Å²) in [6.07, 6.45) is 1.76. The number of nitrogens with one attached hydrogen (secondary N) is 2. The van der Waals surface area contributed by atoms with Crippen molar-refractivity contribution in [3.8, 4) is 0 Å². The number of rotatable bonds is 6. The van der Waals surface area contributed by atoms with Crippen molar-refractivity contribution in [2.75, 3.05) is 19.6 Å². The molecule has 1 atom stereocenters. The van der Waals surface area contributed by atoms with Crippen LogP contribution in [0, 0.1) is 23.0 Å². The molecule has 7 nitrogen and oxygen atoms in total. The Kier molecular flexibility index (Phi) is 7.22. The highest BCUT2D eigenvalue weighted by atomic mass is 35.5. The van der Waals surface area contributed by atoms with Gasteiger partial charge in [-0.15, -0.1) is 12.4 Å². The summed E-state index contributed by atoms with van der Waals surface area (Å²) < 4.78 is 27.0. The molecular weight excluding hydrogens is 365 g/mol. The molecule has 1 aliphatic rings. The van der Waals surface area contributed by atoms with Gasteiger partial charge in [-0.3, -0.25) is 10.1 Å². The third-order valence-corrected chi connectivity index (χ3v) is 5.64. The lowest BCUT2D eigenvalue weighted by molar-refractivity contribution is -0.385. The van der Waals surface area contributed by atoms with Gasteiger partial charge in [-0.1, -0.05) is 11.6 Å². The standard InChI is InChI=1S/C13H18ClN3O4S.ClH/c1-9-12(14)6-11(7-13(9)17(18)19)22(20,21)16-5-3-10-2-4-15-8-10;/h6-7,10,15-16H,2-5,8H2,1H3;1H. The molecule has 130 valence electrons. The largest absolute Gasteiger partial charge is 0.316 e. The number of nitro benzene ring substituents is 1. The van der Waals surface area contributed by atoms with Gasteiger partial charge in [0.2, 0.25) is 10.0 Å². The van der Waals surface area contributed by atoms with Gasteiger partial charge in [-0.2, -0.15) is 0 Å². The summed E-state index contributed by atoms with van der Waals surface area (Å²) in [6.45, 7) is 3.63. The monoisotopic (exact) mass is 383 g/mol. The quantitative estimate of drug-likeness (QED) is 0.579. The lowest BCUT2D eigenvalue weighted by Crippen LogP contribution is -2.26. The average molecular weight is 384 g/mol. The molecule has 1 unspecified atom stereocenters. The van der Waals surface area contributed by atoms with Crippen LogP contribution >= 0.6 is 24.0 Å². The highest BCUT2D eigenvalue weighted by Crippen LogP contribution is 2.29. The van der Waals surface area contributed by atoms with Crippen molar-refractivity contribution in [2.24, 2.45) is 5.92 Å². The van der Waals surface area contributed by atoms with E-state index in [1.54, 1.807) is 0 Å². The van der Waals surface area contributed by atoms with E-state index < -0.39 is 14.9 Å². The van der Waals surface area contributed by atoms with Gasteiger partial charge in [-0.25, -0.2) is 13.1 Å². The third-order valence-electron chi connectivity index (χ3n) is 3.80. The molecule has 0 spiro atoms. The maximum atomic E-state index is 12.2. The summed E-state index contributed by atoms with van der Waals surface area (Å²) in [7, 11) is -3.81. The summed E-state index contributed by atoms with van der Waals surface area (Å²) in [5, 5.41) is 14.2. The summed E-state index contributed by atoms with van der Waals surface area (Å²) in [5.41, 5.74) is -0.0458. The van der Waals surface area contributed by atoms with E-state index in [0.717, 1.165) is 32.0 Å². The molecule has 1 fully saturated rings. The molecule has 1 aromatic carbocycles. The van der Waals surface area contributed by atoms with Crippen molar-refractivity contribution in [1.82, 2.24) is 10.0 Å². The van der Waals surface area contributed by atoms with Gasteiger partial charge in [-0.05, 0) is 44.8 Å². The molecular formula is C13H19Cl2N3O4S. The summed E-state index contributed by atoms with van der Waals surface area (Å²) >= 11 is 5.90. The summed E-state index contributed by atoms with van der Waals surface area (Å²) in [4.78, 5) is 10.2. The SMILES string of the molecule is Cc1c(Cl)cc(S(=O)(=O)NCCC2CCNC2)cc1[N+](=O)[O-].Cl. The van der Waals surface area contributed by atoms with E-state index in [1.807, 2.05) is 0 Å². The number of halogens is 2. The molecule has 23 heavy (non-hydrogen) atoms. The summed E-state index contributed by atoms with van der Waals surface area (Å²) in [6, 6.07) is 2.28. The number of benzene rings is 1. The first-order valence-electron chi connectivity index (χ1n) is 6.96. The molecule has 2 rings (SSSR count). The molecule has 0 aromatic heterocycles. The van der Waals surface area contributed by atoms with E-state index in [0.29, 0.717) is 12.5 Å². The van der Waals surface area contributed by atoms with E-state index in [-0.39, 0.29) is 33.6 Å². The Bertz CT molecular complexity index is 676. The van der Waals surface area contributed by atoms with Crippen LogP contribution in [-0.2, 0) is 10.0 Å². The van der Waals surface area contributed by atoms with Gasteiger partial charge in [0.15, 0.2) is 0 Å². The second-order valence-corrected chi connectivity index (χ2v) is 7.53. The van der Waals surface area contributed by atoms with Crippen molar-refractivity contribution >= 4 is 39.7 Å². The first-order chi connectivity index (χ1) is 10.3. The number of nitro groups is 1. The zero-order valence-corrected chi connectivity index (χ0v) is 14.9. The van der Waals surface area contributed by atoms with Crippen LogP contribution in [0.25, 0.3) is 0 Å². The fourth-order valence-electron chi connectivity index (χ4n) is 2.43. The maximum absolute atomic E-state index is 12.2. The molecule has 0 radical (unpaired) electrons. The van der Waals surface area contributed by atoms with E-state index in [2.05, 4.69) is 10.0 Å². The Morgan fingerprint density at radius 2 is 2.17 bits per heavy atom. The molecule has 10 heteroatoms. The second-order valence-electron chi connectivity index (χ2n) is 5.35. The summed E-state index contributed by atoms with van der Waals surface area (Å²) in [5.74, 6) is 0.457. The smallest absolute Gasteiger partial charge is 0.275 e. The molecule has 0 amide bonds. The van der Waals surface area contributed by atoms with Crippen LogP contribution in [-0.4, -0.2) is 33.0 Å². The predicted octanol–water partition coefficient (Wildman–Crippen LogP) is 2.26. The van der Waals surface area contributed by atoms with E-state index in [9.17, 15) is 18.5 Å². The van der Waals surface area contributed by atoms with Gasteiger partial charge in [0.25, 0.3) is 5.69 Å². The average Bonchev–Trinajstić information content (AvgIpc) is 2.94. The molecule has 1 heterocycles. The van der Waals surface area contributed by atoms with Crippen molar-refractivity contribution in [1.29, 1.82) is 0 Å². The normalized spacial score (nSPS) is 17.7. The fourth-order valence-corrected chi connectivity index (χ4v) is 3.80. The molecule has 1 aliphatic heterocycles. The van der Waals surface area contributed by atoms with Crippen LogP contribution in [0.3, 0.4) is 0 Å². The van der Waals surface area contributed by atoms with Crippen LogP contribution in [0.2, 0.25) is 5.02 Å². The topological polar surface area (TPSA) is 101 Å². The second kappa shape index (κ2) is 8.25. The van der Waals surface area contributed by atoms with Gasteiger partial charge in [0, 0.05) is 18.2 Å². The van der Waals surface area contributed by atoms with Gasteiger partial charge in [0.05, 0.1) is 14.8 Å². The molecule has 2 N–H and O–H groups in total. The molecule has 1 saturated heterocycles. The molecule has 0 bridgehead atoms. The van der Waals surface area contributed by atoms with Gasteiger partial charge in [0.1, 0.15) is 0 Å². The Labute approximate surface area is 146 Å². The number of sulfonamides is 1. The zero-order chi connectivity index (χ0) is 16.3. The Balaban J connectivity index is 0.00000264. The van der Waals surface area contributed by atoms with Crippen LogP contribution in [0.4, 0.5) is 5.69 Å². The van der Waals surface area contributed by atoms with Crippen LogP contribution in [0.5, 0.6) is 0 Å². The van der Waals surface area contributed by atoms with Gasteiger partial charge < -0.3 is 5.32 Å². The maximum Gasteiger partial charge on any atom is 0.275 e. The van der Waals surface area contributed by atoms with E-state index in [4.69, 9.17) is 11.6 Å². The molecule has 0 saturated carbocycles. The lowest BCUT2D eigenvalue weighted by atomic mass is 10.1. The zero-order valence-electron chi connectivity index (χ0n) is 12.5. The minimum atomic E-state index is -3.81. The van der Waals surface area contributed by atoms with Crippen molar-refractivity contribution in [3.63, 3.8) is 0 Å². The minimum absolute atomic E-state index is 0. The third kappa shape index (κ3) is 5.02. The first-order valence-corrected chi connectivity index (χ1v) is 8.82. The number of nitrogens with zero attached hydrogens (tertiary/aromatic N) is 1. The predicted molar refractivity (Wildman–Crippen MR) is 90.9 cm³/mol. The lowest BCUT2D eigenvalue weighted by Gasteiger charge is -2.11. The first kappa shape index (κ1) is 20.1. The molecule has 0 aliphatic carbocycles. The van der Waals surface area contributed by atoms with Crippen molar-refractivity contribution < 1.29 is 13.3 Å². The Morgan fingerprint density at radius 1 is 1.48 bits per heavy atom. The number of hydrogen-bond acceptors (Lipinski definition) is 5. The Morgan fingerprint density at radius 3 is 2.74 bits per heavy atom. The van der Waals surface area contributed by atoms with Crippen molar-refractivity contribution in [2.45, 2.75) is 24.7 Å². The van der Waals surface area contributed by atoms with Crippen molar-refractivity contribution in [3.05, 3.63) is 32.8 Å². The fraction of sp³-hybridized carbons (Fsp3) is 0.538. The van der Waals surface area contributed by atoms with E-state index in [1.165, 1.54) is 13.0 Å². The highest BCUT2D eigenvalue weighted by molar-refractivity contribution is 7.89.